The van der Waals surface area contributed by atoms with Crippen LogP contribution in [-0.2, 0) is 16.6 Å². The fourth-order valence-corrected chi connectivity index (χ4v) is 4.67. The SMILES string of the molecule is CCNC(=NCC1(c2ccccc2Cl)CCOCC1)NCCc1ncc(C)s1. The molecule has 7 heteroatoms. The number of benzene rings is 1. The number of nitrogens with zero attached hydrogens (tertiary/aromatic N) is 2. The maximum Gasteiger partial charge on any atom is 0.191 e. The van der Waals surface area contributed by atoms with Gasteiger partial charge in [0.05, 0.1) is 11.6 Å². The van der Waals surface area contributed by atoms with Gasteiger partial charge >= 0.3 is 0 Å². The molecule has 2 N–H and O–H groups in total. The second kappa shape index (κ2) is 10.2. The molecule has 28 heavy (non-hydrogen) atoms. The maximum atomic E-state index is 6.55. The van der Waals surface area contributed by atoms with Crippen molar-refractivity contribution < 1.29 is 4.74 Å². The van der Waals surface area contributed by atoms with Gasteiger partial charge in [-0.25, -0.2) is 4.98 Å². The van der Waals surface area contributed by atoms with Crippen LogP contribution in [0.25, 0.3) is 0 Å². The molecular weight excluding hydrogens is 392 g/mol. The van der Waals surface area contributed by atoms with Crippen LogP contribution >= 0.6 is 22.9 Å². The Morgan fingerprint density at radius 3 is 2.75 bits per heavy atom. The highest BCUT2D eigenvalue weighted by molar-refractivity contribution is 7.11. The summed E-state index contributed by atoms with van der Waals surface area (Å²) in [6.45, 7) is 7.97. The lowest BCUT2D eigenvalue weighted by molar-refractivity contribution is 0.0531. The lowest BCUT2D eigenvalue weighted by atomic mass is 9.74. The van der Waals surface area contributed by atoms with Crippen LogP contribution in [0, 0.1) is 6.92 Å². The summed E-state index contributed by atoms with van der Waals surface area (Å²) in [5.41, 5.74) is 1.10. The van der Waals surface area contributed by atoms with Gasteiger partial charge < -0.3 is 15.4 Å². The number of hydrogen-bond donors (Lipinski definition) is 2. The van der Waals surface area contributed by atoms with Crippen molar-refractivity contribution in [2.45, 2.75) is 38.5 Å². The highest BCUT2D eigenvalue weighted by atomic mass is 35.5. The molecule has 0 amide bonds. The zero-order valence-electron chi connectivity index (χ0n) is 16.6. The van der Waals surface area contributed by atoms with Crippen molar-refractivity contribution in [2.24, 2.45) is 4.99 Å². The second-order valence-corrected chi connectivity index (χ2v) is 8.84. The Kier molecular flexibility index (Phi) is 7.71. The number of aromatic nitrogens is 1. The largest absolute Gasteiger partial charge is 0.381 e. The van der Waals surface area contributed by atoms with E-state index in [0.717, 1.165) is 61.6 Å². The molecule has 1 saturated heterocycles. The third-order valence-electron chi connectivity index (χ3n) is 5.08. The van der Waals surface area contributed by atoms with Crippen molar-refractivity contribution in [1.82, 2.24) is 15.6 Å². The summed E-state index contributed by atoms with van der Waals surface area (Å²) in [6.07, 6.45) is 4.68. The van der Waals surface area contributed by atoms with Gasteiger partial charge in [-0.1, -0.05) is 29.8 Å². The number of aryl methyl sites for hydroxylation is 1. The van der Waals surface area contributed by atoms with Crippen LogP contribution in [-0.4, -0.2) is 43.8 Å². The van der Waals surface area contributed by atoms with E-state index in [1.165, 1.54) is 10.4 Å². The van der Waals surface area contributed by atoms with Gasteiger partial charge in [0.15, 0.2) is 5.96 Å². The fraction of sp³-hybridized carbons (Fsp3) is 0.524. The molecule has 5 nitrogen and oxygen atoms in total. The first-order valence-electron chi connectivity index (χ1n) is 9.89. The minimum absolute atomic E-state index is 0.0780. The molecule has 0 atom stereocenters. The van der Waals surface area contributed by atoms with Crippen LogP contribution in [0.1, 0.15) is 35.2 Å². The standard InChI is InChI=1S/C21H29ClN4OS/c1-3-23-20(24-11-8-19-25-14-16(2)28-19)26-15-21(9-12-27-13-10-21)17-6-4-5-7-18(17)22/h4-7,14H,3,8-13,15H2,1-2H3,(H2,23,24,26). The monoisotopic (exact) mass is 420 g/mol. The Morgan fingerprint density at radius 1 is 1.29 bits per heavy atom. The van der Waals surface area contributed by atoms with Crippen molar-refractivity contribution in [3.05, 3.63) is 50.9 Å². The van der Waals surface area contributed by atoms with E-state index in [-0.39, 0.29) is 5.41 Å². The number of ether oxygens (including phenoxy) is 1. The first-order valence-corrected chi connectivity index (χ1v) is 11.1. The molecule has 0 radical (unpaired) electrons. The van der Waals surface area contributed by atoms with Crippen LogP contribution in [0.4, 0.5) is 0 Å². The fourth-order valence-electron chi connectivity index (χ4n) is 3.54. The van der Waals surface area contributed by atoms with Crippen LogP contribution in [0.15, 0.2) is 35.5 Å². The van der Waals surface area contributed by atoms with Crippen LogP contribution in [0.2, 0.25) is 5.02 Å². The zero-order valence-corrected chi connectivity index (χ0v) is 18.2. The number of nitrogens with one attached hydrogen (secondary N) is 2. The third kappa shape index (κ3) is 5.46. The minimum Gasteiger partial charge on any atom is -0.381 e. The number of rotatable bonds is 7. The van der Waals surface area contributed by atoms with E-state index in [1.807, 2.05) is 18.3 Å². The maximum absolute atomic E-state index is 6.55. The van der Waals surface area contributed by atoms with Gasteiger partial charge in [-0.3, -0.25) is 4.99 Å². The zero-order chi connectivity index (χ0) is 19.8. The van der Waals surface area contributed by atoms with Crippen LogP contribution in [0.5, 0.6) is 0 Å². The Hall–Kier alpha value is -1.63. The molecule has 3 rings (SSSR count). The molecule has 0 spiro atoms. The van der Waals surface area contributed by atoms with Gasteiger partial charge in [-0.05, 0) is 38.3 Å². The molecule has 1 fully saturated rings. The van der Waals surface area contributed by atoms with Crippen molar-refractivity contribution in [1.29, 1.82) is 0 Å². The molecule has 1 aromatic heterocycles. The molecule has 0 saturated carbocycles. The van der Waals surface area contributed by atoms with E-state index in [9.17, 15) is 0 Å². The predicted molar refractivity (Wildman–Crippen MR) is 118 cm³/mol. The predicted octanol–water partition coefficient (Wildman–Crippen LogP) is 3.95. The highest BCUT2D eigenvalue weighted by Crippen LogP contribution is 2.38. The van der Waals surface area contributed by atoms with Crippen molar-refractivity contribution in [3.8, 4) is 0 Å². The van der Waals surface area contributed by atoms with Gasteiger partial charge in [-0.2, -0.15) is 0 Å². The Balaban J connectivity index is 1.70. The normalized spacial score (nSPS) is 16.8. The topological polar surface area (TPSA) is 58.5 Å². The molecule has 1 aliphatic heterocycles. The summed E-state index contributed by atoms with van der Waals surface area (Å²) in [5, 5.41) is 8.76. The van der Waals surface area contributed by atoms with Crippen LogP contribution < -0.4 is 10.6 Å². The van der Waals surface area contributed by atoms with Gasteiger partial charge in [0.2, 0.25) is 0 Å². The van der Waals surface area contributed by atoms with Crippen molar-refractivity contribution in [2.75, 3.05) is 32.8 Å². The molecule has 2 aromatic rings. The van der Waals surface area contributed by atoms with E-state index < -0.39 is 0 Å². The third-order valence-corrected chi connectivity index (χ3v) is 6.38. The summed E-state index contributed by atoms with van der Waals surface area (Å²) in [4.78, 5) is 10.6. The van der Waals surface area contributed by atoms with Gasteiger partial charge in [0, 0.05) is 54.2 Å². The van der Waals surface area contributed by atoms with E-state index in [0.29, 0.717) is 6.54 Å². The van der Waals surface area contributed by atoms with Crippen molar-refractivity contribution in [3.63, 3.8) is 0 Å². The Labute approximate surface area is 176 Å². The highest BCUT2D eigenvalue weighted by Gasteiger charge is 2.36. The van der Waals surface area contributed by atoms with E-state index >= 15 is 0 Å². The molecule has 1 aromatic carbocycles. The van der Waals surface area contributed by atoms with Gasteiger partial charge in [-0.15, -0.1) is 11.3 Å². The smallest absolute Gasteiger partial charge is 0.191 e. The number of thiazole rings is 1. The molecular formula is C21H29ClN4OS. The summed E-state index contributed by atoms with van der Waals surface area (Å²) < 4.78 is 5.63. The number of halogens is 1. The number of guanidine groups is 1. The average Bonchev–Trinajstić information content (AvgIpc) is 3.12. The number of aliphatic imine (C=N–C) groups is 1. The summed E-state index contributed by atoms with van der Waals surface area (Å²) in [7, 11) is 0. The first kappa shape index (κ1) is 21.1. The van der Waals surface area contributed by atoms with Crippen molar-refractivity contribution >= 4 is 28.9 Å². The molecule has 1 aliphatic rings. The lowest BCUT2D eigenvalue weighted by Gasteiger charge is -2.37. The summed E-state index contributed by atoms with van der Waals surface area (Å²) in [5.74, 6) is 0.841. The number of hydrogen-bond acceptors (Lipinski definition) is 4. The first-order chi connectivity index (χ1) is 13.6. The molecule has 0 bridgehead atoms. The molecule has 0 unspecified atom stereocenters. The van der Waals surface area contributed by atoms with E-state index in [1.54, 1.807) is 11.3 Å². The van der Waals surface area contributed by atoms with Gasteiger partial charge in [0.1, 0.15) is 0 Å². The minimum atomic E-state index is -0.0780. The average molecular weight is 421 g/mol. The molecule has 2 heterocycles. The van der Waals surface area contributed by atoms with E-state index in [2.05, 4.69) is 41.6 Å². The quantitative estimate of drug-likeness (QED) is 0.526. The Bertz CT molecular complexity index is 786. The molecule has 0 aliphatic carbocycles. The second-order valence-electron chi connectivity index (χ2n) is 7.11. The Morgan fingerprint density at radius 2 is 2.07 bits per heavy atom. The van der Waals surface area contributed by atoms with E-state index in [4.69, 9.17) is 21.3 Å². The van der Waals surface area contributed by atoms with Gasteiger partial charge in [0.25, 0.3) is 0 Å². The summed E-state index contributed by atoms with van der Waals surface area (Å²) >= 11 is 8.30. The van der Waals surface area contributed by atoms with Crippen LogP contribution in [0.3, 0.4) is 0 Å². The summed E-state index contributed by atoms with van der Waals surface area (Å²) in [6, 6.07) is 8.14. The molecule has 152 valence electrons. The lowest BCUT2D eigenvalue weighted by Crippen LogP contribution is -2.42.